The molecule has 0 spiro atoms. The van der Waals surface area contributed by atoms with E-state index in [-0.39, 0.29) is 0 Å². The van der Waals surface area contributed by atoms with Crippen molar-refractivity contribution in [2.75, 3.05) is 11.6 Å². The maximum absolute atomic E-state index is 6.09. The molecule has 0 aromatic heterocycles. The molecule has 0 saturated heterocycles. The second-order valence-corrected chi connectivity index (χ2v) is 5.55. The van der Waals surface area contributed by atoms with Gasteiger partial charge in [0.05, 0.1) is 10.7 Å². The highest BCUT2D eigenvalue weighted by Crippen LogP contribution is 2.26. The summed E-state index contributed by atoms with van der Waals surface area (Å²) in [7, 11) is 0. The van der Waals surface area contributed by atoms with Crippen molar-refractivity contribution in [2.24, 2.45) is 0 Å². The van der Waals surface area contributed by atoms with E-state index in [4.69, 9.17) is 23.2 Å². The van der Waals surface area contributed by atoms with Crippen LogP contribution in [0.1, 0.15) is 5.56 Å². The molecule has 0 bridgehead atoms. The first kappa shape index (κ1) is 13.6. The molecule has 0 aliphatic heterocycles. The summed E-state index contributed by atoms with van der Waals surface area (Å²) >= 11 is 13.8. The van der Waals surface area contributed by atoms with E-state index in [1.165, 1.54) is 10.5 Å². The van der Waals surface area contributed by atoms with E-state index in [1.807, 2.05) is 6.07 Å². The Morgan fingerprint density at radius 2 is 1.78 bits per heavy atom. The molecule has 0 amide bonds. The van der Waals surface area contributed by atoms with Crippen molar-refractivity contribution in [3.8, 4) is 0 Å². The predicted octanol–water partition coefficient (Wildman–Crippen LogP) is 5.33. The van der Waals surface area contributed by atoms with Crippen LogP contribution in [0.4, 0.5) is 5.69 Å². The Labute approximate surface area is 121 Å². The zero-order chi connectivity index (χ0) is 13.0. The summed E-state index contributed by atoms with van der Waals surface area (Å²) in [6.45, 7) is 0.731. The van der Waals surface area contributed by atoms with Gasteiger partial charge in [0, 0.05) is 16.5 Å². The Kier molecular flexibility index (Phi) is 4.81. The molecule has 0 aliphatic carbocycles. The van der Waals surface area contributed by atoms with Crippen LogP contribution in [-0.2, 0) is 6.54 Å². The monoisotopic (exact) mass is 297 g/mol. The third-order valence-electron chi connectivity index (χ3n) is 2.57. The van der Waals surface area contributed by atoms with Crippen LogP contribution in [0.15, 0.2) is 47.4 Å². The number of nitrogens with one attached hydrogen (secondary N) is 1. The van der Waals surface area contributed by atoms with Crippen LogP contribution in [0.5, 0.6) is 0 Å². The second kappa shape index (κ2) is 6.37. The van der Waals surface area contributed by atoms with Gasteiger partial charge in [-0.15, -0.1) is 11.8 Å². The van der Waals surface area contributed by atoms with Gasteiger partial charge >= 0.3 is 0 Å². The summed E-state index contributed by atoms with van der Waals surface area (Å²) in [6.07, 6.45) is 2.07. The van der Waals surface area contributed by atoms with Gasteiger partial charge in [-0.2, -0.15) is 0 Å². The van der Waals surface area contributed by atoms with Crippen LogP contribution >= 0.6 is 35.0 Å². The van der Waals surface area contributed by atoms with Gasteiger partial charge in [-0.05, 0) is 42.2 Å². The van der Waals surface area contributed by atoms with Crippen LogP contribution in [0.3, 0.4) is 0 Å². The standard InChI is InChI=1S/C14H13Cl2NS/c1-18-12-5-2-10(3-6-12)9-17-14-8-11(15)4-7-13(14)16/h2-8,17H,9H2,1H3. The van der Waals surface area contributed by atoms with Crippen LogP contribution in [0, 0.1) is 0 Å². The van der Waals surface area contributed by atoms with E-state index in [2.05, 4.69) is 35.8 Å². The lowest BCUT2D eigenvalue weighted by molar-refractivity contribution is 1.14. The maximum Gasteiger partial charge on any atom is 0.0638 e. The fraction of sp³-hybridized carbons (Fsp3) is 0.143. The zero-order valence-corrected chi connectivity index (χ0v) is 12.2. The van der Waals surface area contributed by atoms with E-state index in [0.29, 0.717) is 10.0 Å². The molecule has 0 unspecified atom stereocenters. The number of halogens is 2. The van der Waals surface area contributed by atoms with Crippen molar-refractivity contribution >= 4 is 40.7 Å². The molecule has 1 N–H and O–H groups in total. The zero-order valence-electron chi connectivity index (χ0n) is 9.91. The Balaban J connectivity index is 2.04. The van der Waals surface area contributed by atoms with Crippen molar-refractivity contribution in [2.45, 2.75) is 11.4 Å². The van der Waals surface area contributed by atoms with Crippen LogP contribution in [-0.4, -0.2) is 6.26 Å². The summed E-state index contributed by atoms with van der Waals surface area (Å²) < 4.78 is 0. The van der Waals surface area contributed by atoms with Gasteiger partial charge in [0.1, 0.15) is 0 Å². The molecular weight excluding hydrogens is 285 g/mol. The normalized spacial score (nSPS) is 10.4. The molecule has 0 heterocycles. The molecule has 0 atom stereocenters. The van der Waals surface area contributed by atoms with Gasteiger partial charge in [0.25, 0.3) is 0 Å². The number of rotatable bonds is 4. The lowest BCUT2D eigenvalue weighted by Crippen LogP contribution is -1.99. The van der Waals surface area contributed by atoms with Gasteiger partial charge < -0.3 is 5.32 Å². The number of benzene rings is 2. The Morgan fingerprint density at radius 3 is 2.44 bits per heavy atom. The molecule has 0 saturated carbocycles. The minimum absolute atomic E-state index is 0.680. The van der Waals surface area contributed by atoms with Gasteiger partial charge in [-0.25, -0.2) is 0 Å². The Hall–Kier alpha value is -0.830. The summed E-state index contributed by atoms with van der Waals surface area (Å²) in [5, 5.41) is 4.65. The molecule has 0 aliphatic rings. The Morgan fingerprint density at radius 1 is 1.06 bits per heavy atom. The molecule has 4 heteroatoms. The quantitative estimate of drug-likeness (QED) is 0.766. The van der Waals surface area contributed by atoms with Crippen molar-refractivity contribution < 1.29 is 0 Å². The van der Waals surface area contributed by atoms with Crippen molar-refractivity contribution in [1.29, 1.82) is 0 Å². The van der Waals surface area contributed by atoms with E-state index in [0.717, 1.165) is 12.2 Å². The number of hydrogen-bond acceptors (Lipinski definition) is 2. The minimum atomic E-state index is 0.680. The van der Waals surface area contributed by atoms with Crippen molar-refractivity contribution in [3.05, 3.63) is 58.1 Å². The molecule has 2 rings (SSSR count). The average Bonchev–Trinajstić information content (AvgIpc) is 2.40. The van der Waals surface area contributed by atoms with Crippen molar-refractivity contribution in [3.63, 3.8) is 0 Å². The average molecular weight is 298 g/mol. The van der Waals surface area contributed by atoms with E-state index in [1.54, 1.807) is 23.9 Å². The first-order valence-corrected chi connectivity index (χ1v) is 7.49. The smallest absolute Gasteiger partial charge is 0.0638 e. The second-order valence-electron chi connectivity index (χ2n) is 3.83. The highest BCUT2D eigenvalue weighted by molar-refractivity contribution is 7.98. The molecule has 2 aromatic carbocycles. The molecule has 18 heavy (non-hydrogen) atoms. The van der Waals surface area contributed by atoms with Gasteiger partial charge in [0.2, 0.25) is 0 Å². The summed E-state index contributed by atoms with van der Waals surface area (Å²) in [4.78, 5) is 1.26. The first-order chi connectivity index (χ1) is 8.69. The minimum Gasteiger partial charge on any atom is -0.380 e. The largest absolute Gasteiger partial charge is 0.380 e. The number of hydrogen-bond donors (Lipinski definition) is 1. The third kappa shape index (κ3) is 3.58. The molecule has 1 nitrogen and oxygen atoms in total. The van der Waals surface area contributed by atoms with Gasteiger partial charge in [-0.1, -0.05) is 35.3 Å². The first-order valence-electron chi connectivity index (χ1n) is 5.51. The fourth-order valence-corrected chi connectivity index (χ4v) is 2.34. The third-order valence-corrected chi connectivity index (χ3v) is 3.88. The number of thioether (sulfide) groups is 1. The summed E-state index contributed by atoms with van der Waals surface area (Å²) in [6, 6.07) is 13.8. The highest BCUT2D eigenvalue weighted by Gasteiger charge is 2.01. The molecule has 0 radical (unpaired) electrons. The predicted molar refractivity (Wildman–Crippen MR) is 82.0 cm³/mol. The summed E-state index contributed by atoms with van der Waals surface area (Å²) in [5.74, 6) is 0. The van der Waals surface area contributed by atoms with E-state index >= 15 is 0 Å². The molecular formula is C14H13Cl2NS. The topological polar surface area (TPSA) is 12.0 Å². The number of anilines is 1. The van der Waals surface area contributed by atoms with Gasteiger partial charge in [-0.3, -0.25) is 0 Å². The lowest BCUT2D eigenvalue weighted by atomic mass is 10.2. The summed E-state index contributed by atoms with van der Waals surface area (Å²) in [5.41, 5.74) is 2.07. The maximum atomic E-state index is 6.09. The van der Waals surface area contributed by atoms with Gasteiger partial charge in [0.15, 0.2) is 0 Å². The SMILES string of the molecule is CSc1ccc(CNc2cc(Cl)ccc2Cl)cc1. The molecule has 94 valence electrons. The highest BCUT2D eigenvalue weighted by atomic mass is 35.5. The lowest BCUT2D eigenvalue weighted by Gasteiger charge is -2.09. The molecule has 0 fully saturated rings. The van der Waals surface area contributed by atoms with E-state index < -0.39 is 0 Å². The van der Waals surface area contributed by atoms with Crippen LogP contribution in [0.25, 0.3) is 0 Å². The van der Waals surface area contributed by atoms with Crippen molar-refractivity contribution in [1.82, 2.24) is 0 Å². The van der Waals surface area contributed by atoms with Crippen LogP contribution in [0.2, 0.25) is 10.0 Å². The fourth-order valence-electron chi connectivity index (χ4n) is 1.57. The van der Waals surface area contributed by atoms with E-state index in [9.17, 15) is 0 Å². The van der Waals surface area contributed by atoms with Crippen LogP contribution < -0.4 is 5.32 Å². The molecule has 2 aromatic rings. The Bertz CT molecular complexity index is 526.